The fourth-order valence-corrected chi connectivity index (χ4v) is 3.03. The molecule has 1 heterocycles. The fraction of sp³-hybridized carbons (Fsp3) is 0.250. The molecule has 0 amide bonds. The number of benzene rings is 2. The van der Waals surface area contributed by atoms with E-state index in [1.54, 1.807) is 0 Å². The Morgan fingerprint density at radius 3 is 2.81 bits per heavy atom. The molecule has 21 heavy (non-hydrogen) atoms. The van der Waals surface area contributed by atoms with Crippen molar-refractivity contribution in [1.29, 1.82) is 0 Å². The van der Waals surface area contributed by atoms with Crippen LogP contribution in [-0.4, -0.2) is 8.76 Å². The lowest BCUT2D eigenvalue weighted by Gasteiger charge is -2.28. The molecule has 5 heteroatoms. The Morgan fingerprint density at radius 1 is 1.24 bits per heavy atom. The summed E-state index contributed by atoms with van der Waals surface area (Å²) in [7, 11) is 0. The molecule has 0 saturated heterocycles. The Morgan fingerprint density at radius 2 is 2.05 bits per heavy atom. The van der Waals surface area contributed by atoms with Crippen LogP contribution in [0.15, 0.2) is 48.5 Å². The Hall–Kier alpha value is -1.69. The molecule has 0 spiro atoms. The quantitative estimate of drug-likeness (QED) is 0.853. The van der Waals surface area contributed by atoms with Crippen LogP contribution in [-0.2, 0) is 24.2 Å². The zero-order valence-electron chi connectivity index (χ0n) is 11.5. The van der Waals surface area contributed by atoms with Crippen LogP contribution in [0.4, 0.5) is 5.69 Å². The van der Waals surface area contributed by atoms with Crippen molar-refractivity contribution in [2.24, 2.45) is 0 Å². The molecule has 0 radical (unpaired) electrons. The van der Waals surface area contributed by atoms with E-state index in [9.17, 15) is 8.76 Å². The van der Waals surface area contributed by atoms with E-state index in [1.165, 1.54) is 11.1 Å². The first-order valence-electron chi connectivity index (χ1n) is 6.98. The van der Waals surface area contributed by atoms with Gasteiger partial charge in [-0.1, -0.05) is 42.5 Å². The second kappa shape index (κ2) is 6.39. The SMILES string of the molecule is O=S([O-])NCc1ccc2c(c1)CCC(c1ccccc1)N2. The van der Waals surface area contributed by atoms with E-state index in [1.807, 2.05) is 18.2 Å². The summed E-state index contributed by atoms with van der Waals surface area (Å²) in [5.41, 5.74) is 4.67. The minimum atomic E-state index is -2.21. The summed E-state index contributed by atoms with van der Waals surface area (Å²) in [5.74, 6) is 0. The van der Waals surface area contributed by atoms with Crippen LogP contribution in [0.3, 0.4) is 0 Å². The van der Waals surface area contributed by atoms with Gasteiger partial charge in [0, 0.05) is 23.5 Å². The summed E-state index contributed by atoms with van der Waals surface area (Å²) in [6, 6.07) is 16.8. The van der Waals surface area contributed by atoms with Gasteiger partial charge in [0.1, 0.15) is 0 Å². The number of hydrogen-bond donors (Lipinski definition) is 2. The Bertz CT molecular complexity index is 646. The minimum absolute atomic E-state index is 0.339. The predicted molar refractivity (Wildman–Crippen MR) is 83.3 cm³/mol. The van der Waals surface area contributed by atoms with Gasteiger partial charge in [-0.2, -0.15) is 0 Å². The van der Waals surface area contributed by atoms with Gasteiger partial charge in [0.2, 0.25) is 0 Å². The molecule has 2 aromatic rings. The largest absolute Gasteiger partial charge is 0.760 e. The lowest BCUT2D eigenvalue weighted by Crippen LogP contribution is -2.19. The van der Waals surface area contributed by atoms with E-state index in [4.69, 9.17) is 0 Å². The molecular formula is C16H17N2O2S-. The van der Waals surface area contributed by atoms with Gasteiger partial charge in [-0.25, -0.2) is 4.72 Å². The monoisotopic (exact) mass is 301 g/mol. The first-order valence-corrected chi connectivity index (χ1v) is 8.06. The van der Waals surface area contributed by atoms with E-state index < -0.39 is 11.3 Å². The van der Waals surface area contributed by atoms with Crippen molar-refractivity contribution in [2.75, 3.05) is 5.32 Å². The van der Waals surface area contributed by atoms with Gasteiger partial charge in [-0.15, -0.1) is 0 Å². The predicted octanol–water partition coefficient (Wildman–Crippen LogP) is 2.67. The molecule has 2 N–H and O–H groups in total. The van der Waals surface area contributed by atoms with E-state index in [0.717, 1.165) is 24.1 Å². The molecule has 0 aromatic heterocycles. The summed E-state index contributed by atoms with van der Waals surface area (Å²) in [5, 5.41) is 3.56. The number of hydrogen-bond acceptors (Lipinski definition) is 3. The summed E-state index contributed by atoms with van der Waals surface area (Å²) < 4.78 is 23.5. The molecule has 110 valence electrons. The van der Waals surface area contributed by atoms with Gasteiger partial charge in [-0.3, -0.25) is 4.21 Å². The van der Waals surface area contributed by atoms with Crippen molar-refractivity contribution < 1.29 is 8.76 Å². The molecule has 0 fully saturated rings. The first-order chi connectivity index (χ1) is 10.2. The van der Waals surface area contributed by atoms with Crippen molar-refractivity contribution in [3.05, 3.63) is 65.2 Å². The lowest BCUT2D eigenvalue weighted by molar-refractivity contribution is 0.522. The van der Waals surface area contributed by atoms with Crippen molar-refractivity contribution in [1.82, 2.24) is 4.72 Å². The van der Waals surface area contributed by atoms with Crippen molar-refractivity contribution in [3.63, 3.8) is 0 Å². The third-order valence-corrected chi connectivity index (χ3v) is 4.18. The zero-order valence-corrected chi connectivity index (χ0v) is 12.4. The number of anilines is 1. The molecule has 2 unspecified atom stereocenters. The van der Waals surface area contributed by atoms with E-state index >= 15 is 0 Å². The van der Waals surface area contributed by atoms with Crippen LogP contribution in [0, 0.1) is 0 Å². The molecule has 2 aromatic carbocycles. The Labute approximate surface area is 127 Å². The molecule has 3 rings (SSSR count). The van der Waals surface area contributed by atoms with Crippen molar-refractivity contribution >= 4 is 17.0 Å². The summed E-state index contributed by atoms with van der Waals surface area (Å²) in [6.45, 7) is 0.339. The van der Waals surface area contributed by atoms with Crippen LogP contribution >= 0.6 is 0 Å². The minimum Gasteiger partial charge on any atom is -0.760 e. The van der Waals surface area contributed by atoms with Gasteiger partial charge in [0.15, 0.2) is 0 Å². The highest BCUT2D eigenvalue weighted by molar-refractivity contribution is 7.77. The molecular weight excluding hydrogens is 284 g/mol. The maximum absolute atomic E-state index is 10.5. The van der Waals surface area contributed by atoms with Gasteiger partial charge in [0.25, 0.3) is 0 Å². The topological polar surface area (TPSA) is 64.2 Å². The van der Waals surface area contributed by atoms with Crippen molar-refractivity contribution in [3.8, 4) is 0 Å². The highest BCUT2D eigenvalue weighted by atomic mass is 32.2. The third-order valence-electron chi connectivity index (χ3n) is 3.80. The first kappa shape index (κ1) is 14.3. The average molecular weight is 301 g/mol. The molecule has 0 bridgehead atoms. The Kier molecular flexibility index (Phi) is 4.34. The van der Waals surface area contributed by atoms with Crippen LogP contribution < -0.4 is 10.0 Å². The van der Waals surface area contributed by atoms with Crippen LogP contribution in [0.25, 0.3) is 0 Å². The van der Waals surface area contributed by atoms with Crippen LogP contribution in [0.5, 0.6) is 0 Å². The summed E-state index contributed by atoms with van der Waals surface area (Å²) in [4.78, 5) is 0. The van der Waals surface area contributed by atoms with Gasteiger partial charge >= 0.3 is 0 Å². The molecule has 2 atom stereocenters. The number of nitrogens with one attached hydrogen (secondary N) is 2. The van der Waals surface area contributed by atoms with Gasteiger partial charge in [0.05, 0.1) is 6.04 Å². The normalized spacial score (nSPS) is 18.6. The van der Waals surface area contributed by atoms with Crippen LogP contribution in [0.1, 0.15) is 29.2 Å². The van der Waals surface area contributed by atoms with Gasteiger partial charge in [-0.05, 0) is 35.6 Å². The highest BCUT2D eigenvalue weighted by Gasteiger charge is 2.18. The maximum Gasteiger partial charge on any atom is 0.0517 e. The standard InChI is InChI=1S/C16H18N2O2S/c19-21(20)17-11-12-6-8-16-14(10-12)7-9-15(18-16)13-4-2-1-3-5-13/h1-6,8,10,15,17-18H,7,9,11H2,(H,19,20)/p-1. The number of aryl methyl sites for hydroxylation is 1. The zero-order chi connectivity index (χ0) is 14.7. The van der Waals surface area contributed by atoms with Crippen LogP contribution in [0.2, 0.25) is 0 Å². The third kappa shape index (κ3) is 3.50. The molecule has 4 nitrogen and oxygen atoms in total. The van der Waals surface area contributed by atoms with Gasteiger partial charge < -0.3 is 9.87 Å². The molecule has 0 saturated carbocycles. The summed E-state index contributed by atoms with van der Waals surface area (Å²) >= 11 is -2.21. The second-order valence-corrected chi connectivity index (χ2v) is 5.95. The number of rotatable bonds is 4. The molecule has 1 aliphatic heterocycles. The summed E-state index contributed by atoms with van der Waals surface area (Å²) in [6.07, 6.45) is 2.04. The van der Waals surface area contributed by atoms with E-state index in [2.05, 4.69) is 40.4 Å². The average Bonchev–Trinajstić information content (AvgIpc) is 2.53. The Balaban J connectivity index is 1.74. The highest BCUT2D eigenvalue weighted by Crippen LogP contribution is 2.32. The smallest absolute Gasteiger partial charge is 0.0517 e. The molecule has 1 aliphatic rings. The number of fused-ring (bicyclic) bond motifs is 1. The second-order valence-electron chi connectivity index (χ2n) is 5.19. The van der Waals surface area contributed by atoms with E-state index in [0.29, 0.717) is 12.6 Å². The fourth-order valence-electron chi connectivity index (χ4n) is 2.74. The molecule has 0 aliphatic carbocycles. The maximum atomic E-state index is 10.5. The van der Waals surface area contributed by atoms with E-state index in [-0.39, 0.29) is 0 Å². The van der Waals surface area contributed by atoms with Crippen molar-refractivity contribution in [2.45, 2.75) is 25.4 Å². The lowest BCUT2D eigenvalue weighted by atomic mass is 9.92.